The van der Waals surface area contributed by atoms with Crippen LogP contribution < -0.4 is 11.5 Å². The monoisotopic (exact) mass is 204 g/mol. The second-order valence-electron chi connectivity index (χ2n) is 3.18. The molecule has 0 spiro atoms. The topological polar surface area (TPSA) is 89.3 Å². The van der Waals surface area contributed by atoms with Gasteiger partial charge in [-0.3, -0.25) is 4.79 Å². The van der Waals surface area contributed by atoms with Crippen LogP contribution in [0.1, 0.15) is 11.5 Å². The molecule has 5 N–H and O–H groups in total. The number of carbonyl (C=O) groups is 1. The van der Waals surface area contributed by atoms with Crippen LogP contribution in [0.15, 0.2) is 24.3 Å². The fraction of sp³-hybridized carbons (Fsp3) is 0.182. The van der Waals surface area contributed by atoms with Gasteiger partial charge in [0.1, 0.15) is 6.04 Å². The summed E-state index contributed by atoms with van der Waals surface area (Å²) in [4.78, 5) is 10.7. The first-order valence-corrected chi connectivity index (χ1v) is 4.36. The summed E-state index contributed by atoms with van der Waals surface area (Å²) in [7, 11) is 0. The van der Waals surface area contributed by atoms with E-state index in [0.717, 1.165) is 0 Å². The second-order valence-corrected chi connectivity index (χ2v) is 3.18. The minimum Gasteiger partial charge on any atom is -0.480 e. The van der Waals surface area contributed by atoms with Crippen LogP contribution in [0.3, 0.4) is 0 Å². The number of aliphatic carboxylic acids is 1. The largest absolute Gasteiger partial charge is 0.480 e. The summed E-state index contributed by atoms with van der Waals surface area (Å²) < 4.78 is 0. The SMILES string of the molecule is C#C[C@@H](c1ccc(N)cc1)[C@H](N)C(=O)O. The number of terminal acetylenes is 1. The quantitative estimate of drug-likeness (QED) is 0.491. The Kier molecular flexibility index (Phi) is 3.32. The summed E-state index contributed by atoms with van der Waals surface area (Å²) >= 11 is 0. The third kappa shape index (κ3) is 2.48. The zero-order valence-corrected chi connectivity index (χ0v) is 8.05. The first-order valence-electron chi connectivity index (χ1n) is 4.36. The maximum atomic E-state index is 10.7. The van der Waals surface area contributed by atoms with Gasteiger partial charge in [0, 0.05) is 5.69 Å². The molecule has 0 saturated carbocycles. The summed E-state index contributed by atoms with van der Waals surface area (Å²) in [6, 6.07) is 5.59. The Labute approximate surface area is 87.9 Å². The van der Waals surface area contributed by atoms with Crippen LogP contribution in [0.5, 0.6) is 0 Å². The zero-order valence-electron chi connectivity index (χ0n) is 8.05. The highest BCUT2D eigenvalue weighted by molar-refractivity contribution is 5.75. The van der Waals surface area contributed by atoms with Crippen LogP contribution in [-0.4, -0.2) is 17.1 Å². The number of benzene rings is 1. The van der Waals surface area contributed by atoms with Gasteiger partial charge in [0.05, 0.1) is 5.92 Å². The van der Waals surface area contributed by atoms with Crippen LogP contribution in [0.25, 0.3) is 0 Å². The van der Waals surface area contributed by atoms with Crippen molar-refractivity contribution in [2.24, 2.45) is 5.73 Å². The van der Waals surface area contributed by atoms with Crippen LogP contribution in [0.4, 0.5) is 5.69 Å². The summed E-state index contributed by atoms with van der Waals surface area (Å²) in [5, 5.41) is 8.75. The Morgan fingerprint density at radius 1 is 1.40 bits per heavy atom. The molecule has 0 radical (unpaired) electrons. The van der Waals surface area contributed by atoms with Crippen LogP contribution in [0, 0.1) is 12.3 Å². The first-order chi connectivity index (χ1) is 7.06. The van der Waals surface area contributed by atoms with E-state index in [1.807, 2.05) is 0 Å². The molecular weight excluding hydrogens is 192 g/mol. The van der Waals surface area contributed by atoms with E-state index < -0.39 is 17.9 Å². The van der Waals surface area contributed by atoms with Crippen molar-refractivity contribution in [1.82, 2.24) is 0 Å². The van der Waals surface area contributed by atoms with Gasteiger partial charge in [-0.15, -0.1) is 6.42 Å². The molecule has 0 aliphatic rings. The van der Waals surface area contributed by atoms with Crippen molar-refractivity contribution in [2.75, 3.05) is 5.73 Å². The van der Waals surface area contributed by atoms with E-state index in [1.165, 1.54) is 0 Å². The van der Waals surface area contributed by atoms with Gasteiger partial charge in [-0.05, 0) is 17.7 Å². The molecule has 4 nitrogen and oxygen atoms in total. The zero-order chi connectivity index (χ0) is 11.4. The number of carboxylic acids is 1. The maximum Gasteiger partial charge on any atom is 0.322 e. The van der Waals surface area contributed by atoms with Crippen molar-refractivity contribution in [3.63, 3.8) is 0 Å². The van der Waals surface area contributed by atoms with Crippen molar-refractivity contribution in [3.8, 4) is 12.3 Å². The molecule has 1 aromatic carbocycles. The van der Waals surface area contributed by atoms with Gasteiger partial charge < -0.3 is 16.6 Å². The fourth-order valence-electron chi connectivity index (χ4n) is 1.25. The van der Waals surface area contributed by atoms with Gasteiger partial charge in [0.2, 0.25) is 0 Å². The highest BCUT2D eigenvalue weighted by atomic mass is 16.4. The number of carboxylic acid groups (broad SMARTS) is 1. The van der Waals surface area contributed by atoms with Gasteiger partial charge in [-0.1, -0.05) is 18.1 Å². The molecule has 1 rings (SSSR count). The van der Waals surface area contributed by atoms with E-state index in [1.54, 1.807) is 24.3 Å². The Morgan fingerprint density at radius 2 is 1.93 bits per heavy atom. The Bertz CT molecular complexity index is 392. The van der Waals surface area contributed by atoms with Gasteiger partial charge in [0.25, 0.3) is 0 Å². The Hall–Kier alpha value is -1.99. The first kappa shape index (κ1) is 11.1. The molecule has 0 aromatic heterocycles. The van der Waals surface area contributed by atoms with Crippen molar-refractivity contribution in [3.05, 3.63) is 29.8 Å². The van der Waals surface area contributed by atoms with Crippen molar-refractivity contribution < 1.29 is 9.90 Å². The van der Waals surface area contributed by atoms with Gasteiger partial charge in [-0.2, -0.15) is 0 Å². The molecule has 0 heterocycles. The summed E-state index contributed by atoms with van der Waals surface area (Å²) in [5.41, 5.74) is 12.3. The molecule has 2 atom stereocenters. The summed E-state index contributed by atoms with van der Waals surface area (Å²) in [6.45, 7) is 0. The van der Waals surface area contributed by atoms with Crippen LogP contribution in [0.2, 0.25) is 0 Å². The van der Waals surface area contributed by atoms with Crippen molar-refractivity contribution in [1.29, 1.82) is 0 Å². The van der Waals surface area contributed by atoms with Crippen LogP contribution in [-0.2, 0) is 4.79 Å². The lowest BCUT2D eigenvalue weighted by molar-refractivity contribution is -0.138. The molecule has 15 heavy (non-hydrogen) atoms. The summed E-state index contributed by atoms with van der Waals surface area (Å²) in [6.07, 6.45) is 5.26. The molecule has 4 heteroatoms. The molecule has 1 aromatic rings. The minimum atomic E-state index is -1.12. The average molecular weight is 204 g/mol. The second kappa shape index (κ2) is 4.49. The number of hydrogen-bond donors (Lipinski definition) is 3. The number of hydrogen-bond acceptors (Lipinski definition) is 3. The Balaban J connectivity index is 2.99. The standard InChI is InChI=1S/C11H12N2O2/c1-2-9(10(13)11(14)15)7-3-5-8(12)6-4-7/h1,3-6,9-10H,12-13H2,(H,14,15)/t9-,10-/m0/s1. The number of nitrogen functional groups attached to an aromatic ring is 1. The van der Waals surface area contributed by atoms with E-state index in [2.05, 4.69) is 5.92 Å². The lowest BCUT2D eigenvalue weighted by Crippen LogP contribution is -2.35. The lowest BCUT2D eigenvalue weighted by Gasteiger charge is -2.15. The van der Waals surface area contributed by atoms with Crippen molar-refractivity contribution in [2.45, 2.75) is 12.0 Å². The highest BCUT2D eigenvalue weighted by Gasteiger charge is 2.23. The lowest BCUT2D eigenvalue weighted by atomic mass is 9.93. The number of nitrogens with two attached hydrogens (primary N) is 2. The normalized spacial score (nSPS) is 13.9. The van der Waals surface area contributed by atoms with E-state index >= 15 is 0 Å². The molecular formula is C11H12N2O2. The number of rotatable bonds is 3. The minimum absolute atomic E-state index is 0.596. The molecule has 78 valence electrons. The van der Waals surface area contributed by atoms with Crippen LogP contribution >= 0.6 is 0 Å². The highest BCUT2D eigenvalue weighted by Crippen LogP contribution is 2.19. The molecule has 0 bridgehead atoms. The van der Waals surface area contributed by atoms with Crippen molar-refractivity contribution >= 4 is 11.7 Å². The molecule has 0 amide bonds. The van der Waals surface area contributed by atoms with E-state index in [-0.39, 0.29) is 0 Å². The van der Waals surface area contributed by atoms with Gasteiger partial charge in [-0.25, -0.2) is 0 Å². The molecule has 0 unspecified atom stereocenters. The van der Waals surface area contributed by atoms with Gasteiger partial charge >= 0.3 is 5.97 Å². The Morgan fingerprint density at radius 3 is 2.33 bits per heavy atom. The van der Waals surface area contributed by atoms with E-state index in [9.17, 15) is 4.79 Å². The maximum absolute atomic E-state index is 10.7. The third-order valence-electron chi connectivity index (χ3n) is 2.12. The third-order valence-corrected chi connectivity index (χ3v) is 2.12. The predicted octanol–water partition coefficient (Wildman–Crippen LogP) is 0.397. The average Bonchev–Trinajstić information content (AvgIpc) is 2.21. The summed E-state index contributed by atoms with van der Waals surface area (Å²) in [5.74, 6) is 0.620. The molecule has 0 aliphatic heterocycles. The van der Waals surface area contributed by atoms with Gasteiger partial charge in [0.15, 0.2) is 0 Å². The molecule has 0 fully saturated rings. The number of anilines is 1. The van der Waals surface area contributed by atoms with E-state index in [0.29, 0.717) is 11.3 Å². The fourth-order valence-corrected chi connectivity index (χ4v) is 1.25. The molecule has 0 aliphatic carbocycles. The molecule has 0 saturated heterocycles. The van der Waals surface area contributed by atoms with E-state index in [4.69, 9.17) is 23.0 Å². The predicted molar refractivity (Wildman–Crippen MR) is 58.0 cm³/mol. The smallest absolute Gasteiger partial charge is 0.322 e.